The lowest BCUT2D eigenvalue weighted by Gasteiger charge is -2.06. The average Bonchev–Trinajstić information content (AvgIpc) is 2.74. The maximum Gasteiger partial charge on any atom is 0.243 e. The zero-order valence-electron chi connectivity index (χ0n) is 9.26. The van der Waals surface area contributed by atoms with Crippen molar-refractivity contribution in [2.45, 2.75) is 25.8 Å². The van der Waals surface area contributed by atoms with Gasteiger partial charge in [-0.25, -0.2) is 0 Å². The summed E-state index contributed by atoms with van der Waals surface area (Å²) in [7, 11) is 0. The molecule has 1 atom stereocenters. The predicted molar refractivity (Wildman–Crippen MR) is 60.7 cm³/mol. The molecule has 1 aromatic heterocycles. The Balaban J connectivity index is 1.91. The van der Waals surface area contributed by atoms with Crippen LogP contribution < -0.4 is 5.73 Å². The van der Waals surface area contributed by atoms with Gasteiger partial charge in [0.2, 0.25) is 5.89 Å². The van der Waals surface area contributed by atoms with Gasteiger partial charge in [0.25, 0.3) is 0 Å². The first-order chi connectivity index (χ1) is 7.75. The number of benzene rings is 1. The van der Waals surface area contributed by atoms with E-state index >= 15 is 0 Å². The number of aryl methyl sites for hydroxylation is 2. The number of rotatable bonds is 4. The van der Waals surface area contributed by atoms with Gasteiger partial charge in [0.15, 0.2) is 5.82 Å². The number of hydrogen-bond donors (Lipinski definition) is 1. The third-order valence-electron chi connectivity index (χ3n) is 2.45. The van der Waals surface area contributed by atoms with Crippen molar-refractivity contribution in [3.05, 3.63) is 47.6 Å². The number of nitrogens with zero attached hydrogens (tertiary/aromatic N) is 2. The number of nitrogens with two attached hydrogens (primary N) is 1. The van der Waals surface area contributed by atoms with E-state index in [1.807, 2.05) is 18.2 Å². The van der Waals surface area contributed by atoms with Crippen molar-refractivity contribution in [1.82, 2.24) is 10.1 Å². The van der Waals surface area contributed by atoms with Gasteiger partial charge in [0.05, 0.1) is 6.04 Å². The van der Waals surface area contributed by atoms with Crippen molar-refractivity contribution in [1.29, 1.82) is 0 Å². The van der Waals surface area contributed by atoms with E-state index in [1.165, 1.54) is 5.56 Å². The molecule has 0 radical (unpaired) electrons. The van der Waals surface area contributed by atoms with E-state index in [1.54, 1.807) is 6.92 Å². The second-order valence-corrected chi connectivity index (χ2v) is 3.81. The summed E-state index contributed by atoms with van der Waals surface area (Å²) in [5, 5.41) is 3.73. The van der Waals surface area contributed by atoms with E-state index in [2.05, 4.69) is 22.3 Å². The first-order valence-electron chi connectivity index (χ1n) is 5.35. The van der Waals surface area contributed by atoms with E-state index in [-0.39, 0.29) is 6.04 Å². The highest BCUT2D eigenvalue weighted by Gasteiger charge is 2.12. The molecule has 4 heteroatoms. The maximum atomic E-state index is 5.96. The van der Waals surface area contributed by atoms with Crippen molar-refractivity contribution in [3.8, 4) is 0 Å². The third kappa shape index (κ3) is 2.67. The minimum Gasteiger partial charge on any atom is -0.338 e. The van der Waals surface area contributed by atoms with Gasteiger partial charge in [-0.3, -0.25) is 0 Å². The van der Waals surface area contributed by atoms with E-state index in [0.717, 1.165) is 12.8 Å². The zero-order chi connectivity index (χ0) is 11.4. The molecule has 0 spiro atoms. The van der Waals surface area contributed by atoms with Gasteiger partial charge in [-0.05, 0) is 25.3 Å². The molecule has 0 bridgehead atoms. The van der Waals surface area contributed by atoms with E-state index in [9.17, 15) is 0 Å². The summed E-state index contributed by atoms with van der Waals surface area (Å²) in [6.45, 7) is 1.79. The largest absolute Gasteiger partial charge is 0.338 e. The van der Waals surface area contributed by atoms with Crippen LogP contribution in [-0.2, 0) is 6.42 Å². The second-order valence-electron chi connectivity index (χ2n) is 3.81. The molecule has 0 aliphatic heterocycles. The highest BCUT2D eigenvalue weighted by molar-refractivity contribution is 5.15. The summed E-state index contributed by atoms with van der Waals surface area (Å²) in [6.07, 6.45) is 1.73. The van der Waals surface area contributed by atoms with Gasteiger partial charge in [-0.1, -0.05) is 35.5 Å². The van der Waals surface area contributed by atoms with Crippen molar-refractivity contribution in [2.24, 2.45) is 5.73 Å². The molecule has 0 unspecified atom stereocenters. The Hall–Kier alpha value is -1.68. The molecule has 16 heavy (non-hydrogen) atoms. The Labute approximate surface area is 94.5 Å². The summed E-state index contributed by atoms with van der Waals surface area (Å²) in [4.78, 5) is 4.12. The molecular weight excluding hydrogens is 202 g/mol. The maximum absolute atomic E-state index is 5.96. The molecule has 1 aromatic carbocycles. The number of hydrogen-bond acceptors (Lipinski definition) is 4. The van der Waals surface area contributed by atoms with Crippen LogP contribution in [0, 0.1) is 6.92 Å². The van der Waals surface area contributed by atoms with E-state index in [4.69, 9.17) is 10.3 Å². The fourth-order valence-electron chi connectivity index (χ4n) is 1.55. The lowest BCUT2D eigenvalue weighted by molar-refractivity contribution is 0.346. The molecule has 0 amide bonds. The normalized spacial score (nSPS) is 12.6. The molecule has 0 aliphatic rings. The first kappa shape index (κ1) is 10.8. The molecule has 84 valence electrons. The number of aromatic nitrogens is 2. The molecule has 1 heterocycles. The van der Waals surface area contributed by atoms with Crippen LogP contribution in [0.15, 0.2) is 34.9 Å². The standard InChI is InChI=1S/C12H15N3O/c1-9-14-12(16-15-9)11(13)8-7-10-5-3-2-4-6-10/h2-6,11H,7-8,13H2,1H3/t11-/m0/s1. The molecule has 2 N–H and O–H groups in total. The Morgan fingerprint density at radius 1 is 1.31 bits per heavy atom. The van der Waals surface area contributed by atoms with Crippen LogP contribution in [0.3, 0.4) is 0 Å². The highest BCUT2D eigenvalue weighted by Crippen LogP contribution is 2.14. The van der Waals surface area contributed by atoms with Crippen LogP contribution in [0.4, 0.5) is 0 Å². The first-order valence-corrected chi connectivity index (χ1v) is 5.35. The zero-order valence-corrected chi connectivity index (χ0v) is 9.26. The quantitative estimate of drug-likeness (QED) is 0.850. The van der Waals surface area contributed by atoms with Crippen LogP contribution in [0.2, 0.25) is 0 Å². The van der Waals surface area contributed by atoms with E-state index in [0.29, 0.717) is 11.7 Å². The molecule has 2 aromatic rings. The Morgan fingerprint density at radius 2 is 2.06 bits per heavy atom. The smallest absolute Gasteiger partial charge is 0.243 e. The van der Waals surface area contributed by atoms with Gasteiger partial charge in [-0.15, -0.1) is 0 Å². The predicted octanol–water partition coefficient (Wildman–Crippen LogP) is 2.01. The molecule has 0 saturated heterocycles. The molecule has 0 fully saturated rings. The minimum atomic E-state index is -0.179. The monoisotopic (exact) mass is 217 g/mol. The van der Waals surface area contributed by atoms with Crippen LogP contribution in [0.25, 0.3) is 0 Å². The molecule has 0 aliphatic carbocycles. The fourth-order valence-corrected chi connectivity index (χ4v) is 1.55. The Bertz CT molecular complexity index is 439. The van der Waals surface area contributed by atoms with Crippen molar-refractivity contribution in [3.63, 3.8) is 0 Å². The molecular formula is C12H15N3O. The minimum absolute atomic E-state index is 0.179. The highest BCUT2D eigenvalue weighted by atomic mass is 16.5. The summed E-state index contributed by atoms with van der Waals surface area (Å²) < 4.78 is 5.03. The second kappa shape index (κ2) is 4.90. The van der Waals surface area contributed by atoms with Crippen molar-refractivity contribution >= 4 is 0 Å². The summed E-state index contributed by atoms with van der Waals surface area (Å²) in [5.74, 6) is 1.15. The third-order valence-corrected chi connectivity index (χ3v) is 2.45. The van der Waals surface area contributed by atoms with Gasteiger partial charge in [-0.2, -0.15) is 4.98 Å². The SMILES string of the molecule is Cc1noc([C@@H](N)CCc2ccccc2)n1. The lowest BCUT2D eigenvalue weighted by atomic mass is 10.1. The molecule has 0 saturated carbocycles. The van der Waals surface area contributed by atoms with Gasteiger partial charge < -0.3 is 10.3 Å². The van der Waals surface area contributed by atoms with Crippen molar-refractivity contribution in [2.75, 3.05) is 0 Å². The lowest BCUT2D eigenvalue weighted by Crippen LogP contribution is -2.11. The Morgan fingerprint density at radius 3 is 2.69 bits per heavy atom. The van der Waals surface area contributed by atoms with Gasteiger partial charge >= 0.3 is 0 Å². The van der Waals surface area contributed by atoms with Crippen LogP contribution in [0.5, 0.6) is 0 Å². The van der Waals surface area contributed by atoms with Crippen LogP contribution in [-0.4, -0.2) is 10.1 Å². The van der Waals surface area contributed by atoms with Gasteiger partial charge in [0, 0.05) is 0 Å². The molecule has 2 rings (SSSR count). The molecule has 4 nitrogen and oxygen atoms in total. The summed E-state index contributed by atoms with van der Waals surface area (Å²) >= 11 is 0. The fraction of sp³-hybridized carbons (Fsp3) is 0.333. The Kier molecular flexibility index (Phi) is 3.31. The van der Waals surface area contributed by atoms with E-state index < -0.39 is 0 Å². The van der Waals surface area contributed by atoms with Crippen LogP contribution >= 0.6 is 0 Å². The summed E-state index contributed by atoms with van der Waals surface area (Å²) in [6, 6.07) is 10.1. The average molecular weight is 217 g/mol. The van der Waals surface area contributed by atoms with Crippen LogP contribution in [0.1, 0.15) is 29.7 Å². The van der Waals surface area contributed by atoms with Crippen molar-refractivity contribution < 1.29 is 4.52 Å². The van der Waals surface area contributed by atoms with Gasteiger partial charge in [0.1, 0.15) is 0 Å². The topological polar surface area (TPSA) is 64.9 Å². The summed E-state index contributed by atoms with van der Waals surface area (Å²) in [5.41, 5.74) is 7.23.